The summed E-state index contributed by atoms with van der Waals surface area (Å²) in [6.07, 6.45) is 0.679. The number of H-pyrrole nitrogens is 1. The first-order valence-corrected chi connectivity index (χ1v) is 10.5. The average molecular weight is 453 g/mol. The number of amidine groups is 1. The lowest BCUT2D eigenvalue weighted by molar-refractivity contribution is 0.0996. The maximum Gasteiger partial charge on any atom is 0.265 e. The number of aromatic nitrogens is 2. The van der Waals surface area contributed by atoms with Gasteiger partial charge in [-0.2, -0.15) is 0 Å². The minimum absolute atomic E-state index is 0.270. The van der Waals surface area contributed by atoms with E-state index in [1.165, 1.54) is 10.7 Å². The van der Waals surface area contributed by atoms with Gasteiger partial charge >= 0.3 is 0 Å². The number of aryl methyl sites for hydroxylation is 1. The zero-order valence-electron chi connectivity index (χ0n) is 19.4. The van der Waals surface area contributed by atoms with Gasteiger partial charge in [0.05, 0.1) is 6.54 Å². The lowest BCUT2D eigenvalue weighted by Crippen LogP contribution is -2.32. The minimum atomic E-state index is -0.429. The van der Waals surface area contributed by atoms with E-state index in [1.54, 1.807) is 25.1 Å². The van der Waals surface area contributed by atoms with Crippen molar-refractivity contribution in [2.45, 2.75) is 27.3 Å². The SMILES string of the molecule is CNCc1ccc2cc(C(N)=O)[nH]c2c1.Cc1cc(/C(N)=N/N(N)CC(C)C)cc(C=O)n1. The number of hydrazine groups is 1. The summed E-state index contributed by atoms with van der Waals surface area (Å²) in [4.78, 5) is 28.7. The number of aldehydes is 1. The third-order valence-corrected chi connectivity index (χ3v) is 4.51. The Morgan fingerprint density at radius 2 is 1.97 bits per heavy atom. The van der Waals surface area contributed by atoms with Gasteiger partial charge in [-0.05, 0) is 49.7 Å². The van der Waals surface area contributed by atoms with Crippen LogP contribution in [0.5, 0.6) is 0 Å². The molecule has 0 saturated carbocycles. The number of hydrogen-bond acceptors (Lipinski definition) is 7. The van der Waals surface area contributed by atoms with Crippen LogP contribution in [0, 0.1) is 12.8 Å². The number of rotatable bonds is 8. The first-order valence-electron chi connectivity index (χ1n) is 10.5. The number of carbonyl (C=O) groups is 2. The summed E-state index contributed by atoms with van der Waals surface area (Å²) in [5.74, 6) is 5.93. The molecular weight excluding hydrogens is 420 g/mol. The second-order valence-electron chi connectivity index (χ2n) is 8.04. The van der Waals surface area contributed by atoms with Gasteiger partial charge in [-0.15, -0.1) is 5.10 Å². The third kappa shape index (κ3) is 7.70. The molecule has 0 bridgehead atoms. The zero-order chi connectivity index (χ0) is 24.5. The molecule has 2 heterocycles. The summed E-state index contributed by atoms with van der Waals surface area (Å²) in [5.41, 5.74) is 15.3. The van der Waals surface area contributed by atoms with E-state index in [0.29, 0.717) is 41.4 Å². The van der Waals surface area contributed by atoms with Crippen LogP contribution in [0.4, 0.5) is 0 Å². The van der Waals surface area contributed by atoms with Crippen molar-refractivity contribution in [2.24, 2.45) is 28.3 Å². The molecular formula is C23H32N8O2. The maximum atomic E-state index is 11.0. The number of fused-ring (bicyclic) bond motifs is 1. The number of amides is 1. The van der Waals surface area contributed by atoms with Crippen LogP contribution in [-0.4, -0.2) is 46.7 Å². The number of primary amides is 1. The predicted octanol–water partition coefficient (Wildman–Crippen LogP) is 1.64. The van der Waals surface area contributed by atoms with Crippen molar-refractivity contribution < 1.29 is 9.59 Å². The molecule has 0 aliphatic carbocycles. The number of aromatic amines is 1. The van der Waals surface area contributed by atoms with Gasteiger partial charge in [0, 0.05) is 28.7 Å². The van der Waals surface area contributed by atoms with Gasteiger partial charge in [-0.3, -0.25) is 14.6 Å². The molecule has 0 spiro atoms. The highest BCUT2D eigenvalue weighted by atomic mass is 16.1. The molecule has 10 nitrogen and oxygen atoms in total. The van der Waals surface area contributed by atoms with Gasteiger partial charge in [0.25, 0.3) is 5.91 Å². The Balaban J connectivity index is 0.000000237. The normalized spacial score (nSPS) is 11.3. The zero-order valence-corrected chi connectivity index (χ0v) is 19.4. The van der Waals surface area contributed by atoms with E-state index in [9.17, 15) is 9.59 Å². The molecule has 10 heteroatoms. The van der Waals surface area contributed by atoms with Crippen molar-refractivity contribution >= 4 is 28.9 Å². The van der Waals surface area contributed by atoms with Gasteiger partial charge in [0.15, 0.2) is 12.1 Å². The van der Waals surface area contributed by atoms with Crippen molar-refractivity contribution in [3.8, 4) is 0 Å². The molecule has 0 radical (unpaired) electrons. The second-order valence-corrected chi connectivity index (χ2v) is 8.04. The Bertz CT molecular complexity index is 1140. The first kappa shape index (κ1) is 25.5. The standard InChI is InChI=1S/C12H19N5O.C11H13N3O/c1-8(2)6-17(14)16-12(13)10-4-9(3)15-11(5-10)7-18;1-13-6-7-2-3-8-5-10(11(12)15)14-9(8)4-7/h4-5,7-8H,6,14H2,1-3H3,(H2,13,16);2-5,13-14H,6H2,1H3,(H2,12,15). The van der Waals surface area contributed by atoms with Crippen molar-refractivity contribution in [3.05, 3.63) is 64.6 Å². The smallest absolute Gasteiger partial charge is 0.265 e. The highest BCUT2D eigenvalue weighted by Gasteiger charge is 2.07. The number of nitrogens with one attached hydrogen (secondary N) is 2. The largest absolute Gasteiger partial charge is 0.382 e. The van der Waals surface area contributed by atoms with Crippen LogP contribution in [0.1, 0.15) is 51.6 Å². The van der Waals surface area contributed by atoms with Crippen LogP contribution in [0.2, 0.25) is 0 Å². The number of benzene rings is 1. The molecule has 0 aliphatic heterocycles. The number of nitrogens with zero attached hydrogens (tertiary/aromatic N) is 3. The molecule has 0 atom stereocenters. The van der Waals surface area contributed by atoms with Gasteiger partial charge in [-0.25, -0.2) is 11.0 Å². The van der Waals surface area contributed by atoms with Crippen LogP contribution in [0.3, 0.4) is 0 Å². The highest BCUT2D eigenvalue weighted by Crippen LogP contribution is 2.17. The monoisotopic (exact) mass is 452 g/mol. The fourth-order valence-electron chi connectivity index (χ4n) is 3.13. The van der Waals surface area contributed by atoms with Crippen LogP contribution in [0.15, 0.2) is 41.5 Å². The van der Waals surface area contributed by atoms with E-state index in [0.717, 1.165) is 17.4 Å². The van der Waals surface area contributed by atoms with Crippen LogP contribution >= 0.6 is 0 Å². The summed E-state index contributed by atoms with van der Waals surface area (Å²) in [6.45, 7) is 7.27. The lowest BCUT2D eigenvalue weighted by Gasteiger charge is -2.15. The molecule has 0 saturated heterocycles. The minimum Gasteiger partial charge on any atom is -0.382 e. The molecule has 176 valence electrons. The summed E-state index contributed by atoms with van der Waals surface area (Å²) < 4.78 is 0. The Kier molecular flexibility index (Phi) is 9.08. The Labute approximate surface area is 193 Å². The van der Waals surface area contributed by atoms with Gasteiger partial charge in [0.2, 0.25) is 0 Å². The molecule has 3 aromatic rings. The van der Waals surface area contributed by atoms with Crippen LogP contribution in [0.25, 0.3) is 10.9 Å². The average Bonchev–Trinajstić information content (AvgIpc) is 3.17. The molecule has 8 N–H and O–H groups in total. The fraction of sp³-hybridized carbons (Fsp3) is 0.304. The number of hydrogen-bond donors (Lipinski definition) is 5. The van der Waals surface area contributed by atoms with E-state index < -0.39 is 5.91 Å². The van der Waals surface area contributed by atoms with Crippen LogP contribution < -0.4 is 22.6 Å². The summed E-state index contributed by atoms with van der Waals surface area (Å²) in [5, 5.41) is 9.44. The lowest BCUT2D eigenvalue weighted by atomic mass is 10.1. The van der Waals surface area contributed by atoms with E-state index >= 15 is 0 Å². The van der Waals surface area contributed by atoms with Gasteiger partial charge < -0.3 is 21.8 Å². The molecule has 1 amide bonds. The third-order valence-electron chi connectivity index (χ3n) is 4.51. The summed E-state index contributed by atoms with van der Waals surface area (Å²) in [7, 11) is 1.90. The summed E-state index contributed by atoms with van der Waals surface area (Å²) >= 11 is 0. The molecule has 0 aliphatic rings. The van der Waals surface area contributed by atoms with Gasteiger partial charge in [-0.1, -0.05) is 26.0 Å². The quantitative estimate of drug-likeness (QED) is 0.114. The molecule has 3 rings (SSSR count). The van der Waals surface area contributed by atoms with E-state index in [-0.39, 0.29) is 5.84 Å². The second kappa shape index (κ2) is 11.7. The Morgan fingerprint density at radius 3 is 2.58 bits per heavy atom. The molecule has 1 aromatic carbocycles. The van der Waals surface area contributed by atoms with Gasteiger partial charge in [0.1, 0.15) is 11.4 Å². The molecule has 0 fully saturated rings. The topological polar surface area (TPSA) is 169 Å². The van der Waals surface area contributed by atoms with Crippen LogP contribution in [-0.2, 0) is 6.54 Å². The number of hydrazone groups is 1. The fourth-order valence-corrected chi connectivity index (χ4v) is 3.13. The van der Waals surface area contributed by atoms with Crippen molar-refractivity contribution in [2.75, 3.05) is 13.6 Å². The maximum absolute atomic E-state index is 11.0. The first-order chi connectivity index (χ1) is 15.6. The molecule has 33 heavy (non-hydrogen) atoms. The molecule has 0 unspecified atom stereocenters. The summed E-state index contributed by atoms with van der Waals surface area (Å²) in [6, 6.07) is 11.1. The number of carbonyl (C=O) groups excluding carboxylic acids is 2. The molecule has 2 aromatic heterocycles. The van der Waals surface area contributed by atoms with E-state index in [2.05, 4.69) is 20.4 Å². The van der Waals surface area contributed by atoms with E-state index in [4.69, 9.17) is 17.3 Å². The predicted molar refractivity (Wildman–Crippen MR) is 130 cm³/mol. The van der Waals surface area contributed by atoms with Crippen molar-refractivity contribution in [1.29, 1.82) is 0 Å². The van der Waals surface area contributed by atoms with E-state index in [1.807, 2.05) is 39.1 Å². The van der Waals surface area contributed by atoms with Crippen molar-refractivity contribution in [1.82, 2.24) is 20.4 Å². The van der Waals surface area contributed by atoms with Crippen molar-refractivity contribution in [3.63, 3.8) is 0 Å². The number of pyridine rings is 1. The number of nitrogens with two attached hydrogens (primary N) is 3. The Morgan fingerprint density at radius 1 is 1.24 bits per heavy atom. The highest BCUT2D eigenvalue weighted by molar-refractivity contribution is 5.98. The Hall–Kier alpha value is -3.76.